The Kier molecular flexibility index (Phi) is 4.92. The number of aryl methyl sites for hydroxylation is 1. The van der Waals surface area contributed by atoms with Crippen LogP contribution in [-0.4, -0.2) is 20.1 Å². The predicted octanol–water partition coefficient (Wildman–Crippen LogP) is 2.37. The largest absolute Gasteiger partial charge is 0.435 e. The second-order valence-corrected chi connectivity index (χ2v) is 3.82. The Morgan fingerprint density at radius 3 is 2.47 bits per heavy atom. The van der Waals surface area contributed by atoms with Gasteiger partial charge in [-0.3, -0.25) is 0 Å². The minimum atomic E-state index is -4.52. The maximum absolute atomic E-state index is 12.7. The number of aliphatic hydroxyl groups excluding tert-OH is 1. The third kappa shape index (κ3) is 3.69. The fraction of sp³-hybridized carbons (Fsp3) is 0.800. The zero-order valence-electron chi connectivity index (χ0n) is 9.67. The Bertz CT molecular complexity index is 349. The van der Waals surface area contributed by atoms with Crippen molar-refractivity contribution >= 4 is 0 Å². The number of hydrogen-bond donors (Lipinski definition) is 1. The number of rotatable bonds is 6. The maximum atomic E-state index is 12.7. The molecule has 0 saturated carbocycles. The molecule has 0 radical (unpaired) electrons. The Morgan fingerprint density at radius 2 is 1.94 bits per heavy atom. The molecule has 17 heavy (non-hydrogen) atoms. The third-order valence-corrected chi connectivity index (χ3v) is 2.45. The monoisotopic (exact) mass is 251 g/mol. The van der Waals surface area contributed by atoms with Gasteiger partial charge in [-0.15, -0.1) is 5.10 Å². The predicted molar refractivity (Wildman–Crippen MR) is 55.1 cm³/mol. The first-order chi connectivity index (χ1) is 8.00. The van der Waals surface area contributed by atoms with Crippen molar-refractivity contribution in [3.8, 4) is 0 Å². The summed E-state index contributed by atoms with van der Waals surface area (Å²) < 4.78 is 38.9. The van der Waals surface area contributed by atoms with Crippen LogP contribution in [0.1, 0.15) is 44.0 Å². The number of hydrogen-bond acceptors (Lipinski definition) is 3. The van der Waals surface area contributed by atoms with E-state index in [2.05, 4.69) is 10.3 Å². The van der Waals surface area contributed by atoms with Gasteiger partial charge in [-0.1, -0.05) is 31.4 Å². The van der Waals surface area contributed by atoms with Gasteiger partial charge in [0.25, 0.3) is 0 Å². The van der Waals surface area contributed by atoms with Gasteiger partial charge in [-0.05, 0) is 6.42 Å². The molecule has 0 unspecified atom stereocenters. The van der Waals surface area contributed by atoms with E-state index in [1.807, 2.05) is 6.92 Å². The first-order valence-corrected chi connectivity index (χ1v) is 5.61. The number of alkyl halides is 3. The van der Waals surface area contributed by atoms with Gasteiger partial charge in [-0.25, -0.2) is 4.68 Å². The number of unbranched alkanes of at least 4 members (excludes halogenated alkanes) is 3. The second kappa shape index (κ2) is 6.00. The van der Waals surface area contributed by atoms with E-state index >= 15 is 0 Å². The number of aliphatic hydroxyl groups is 1. The van der Waals surface area contributed by atoms with Gasteiger partial charge >= 0.3 is 6.18 Å². The Balaban J connectivity index is 2.75. The van der Waals surface area contributed by atoms with Crippen LogP contribution in [0.5, 0.6) is 0 Å². The van der Waals surface area contributed by atoms with Crippen LogP contribution in [0.25, 0.3) is 0 Å². The molecule has 1 rings (SSSR count). The van der Waals surface area contributed by atoms with E-state index < -0.39 is 24.2 Å². The molecule has 0 fully saturated rings. The van der Waals surface area contributed by atoms with Gasteiger partial charge in [0, 0.05) is 6.54 Å². The normalized spacial score (nSPS) is 12.1. The van der Waals surface area contributed by atoms with E-state index in [1.165, 1.54) is 0 Å². The molecule has 0 aliphatic heterocycles. The minimum Gasteiger partial charge on any atom is -0.390 e. The van der Waals surface area contributed by atoms with E-state index in [1.54, 1.807) is 0 Å². The van der Waals surface area contributed by atoms with E-state index in [4.69, 9.17) is 5.11 Å². The lowest BCUT2D eigenvalue weighted by Crippen LogP contribution is -2.16. The Morgan fingerprint density at radius 1 is 1.24 bits per heavy atom. The van der Waals surface area contributed by atoms with E-state index in [-0.39, 0.29) is 6.54 Å². The van der Waals surface area contributed by atoms with Crippen LogP contribution >= 0.6 is 0 Å². The molecular weight excluding hydrogens is 235 g/mol. The van der Waals surface area contributed by atoms with Gasteiger partial charge < -0.3 is 5.11 Å². The van der Waals surface area contributed by atoms with Gasteiger partial charge in [0.1, 0.15) is 5.69 Å². The SMILES string of the molecule is CCCCCCn1nnc(CO)c1C(F)(F)F. The molecular formula is C10H16F3N3O. The first-order valence-electron chi connectivity index (χ1n) is 5.61. The molecule has 0 bridgehead atoms. The molecule has 98 valence electrons. The van der Waals surface area contributed by atoms with Crippen molar-refractivity contribution in [1.29, 1.82) is 0 Å². The number of halogens is 3. The van der Waals surface area contributed by atoms with Crippen LogP contribution in [-0.2, 0) is 19.3 Å². The van der Waals surface area contributed by atoms with Crippen molar-refractivity contribution in [3.63, 3.8) is 0 Å². The highest BCUT2D eigenvalue weighted by Gasteiger charge is 2.38. The lowest BCUT2D eigenvalue weighted by Gasteiger charge is -2.10. The summed E-state index contributed by atoms with van der Waals surface area (Å²) in [6.45, 7) is 1.46. The van der Waals surface area contributed by atoms with Crippen molar-refractivity contribution in [2.75, 3.05) is 0 Å². The van der Waals surface area contributed by atoms with Gasteiger partial charge in [0.2, 0.25) is 0 Å². The average molecular weight is 251 g/mol. The third-order valence-electron chi connectivity index (χ3n) is 2.45. The summed E-state index contributed by atoms with van der Waals surface area (Å²) in [5.41, 5.74) is -1.34. The molecule has 7 heteroatoms. The van der Waals surface area contributed by atoms with Gasteiger partial charge in [0.05, 0.1) is 6.61 Å². The zero-order valence-corrected chi connectivity index (χ0v) is 9.67. The molecule has 0 atom stereocenters. The molecule has 4 nitrogen and oxygen atoms in total. The molecule has 0 saturated heterocycles. The zero-order chi connectivity index (χ0) is 12.9. The summed E-state index contributed by atoms with van der Waals surface area (Å²) in [4.78, 5) is 0. The van der Waals surface area contributed by atoms with Crippen molar-refractivity contribution in [2.45, 2.75) is 51.9 Å². The smallest absolute Gasteiger partial charge is 0.390 e. The Hall–Kier alpha value is -1.11. The summed E-state index contributed by atoms with van der Waals surface area (Å²) in [6, 6.07) is 0. The number of nitrogens with zero attached hydrogens (tertiary/aromatic N) is 3. The molecule has 1 N–H and O–H groups in total. The minimum absolute atomic E-state index is 0.182. The first kappa shape index (κ1) is 14.0. The van der Waals surface area contributed by atoms with Crippen molar-refractivity contribution < 1.29 is 18.3 Å². The van der Waals surface area contributed by atoms with Crippen LogP contribution in [0.4, 0.5) is 13.2 Å². The summed E-state index contributed by atoms with van der Waals surface area (Å²) in [7, 11) is 0. The summed E-state index contributed by atoms with van der Waals surface area (Å²) in [5, 5.41) is 15.6. The second-order valence-electron chi connectivity index (χ2n) is 3.82. The highest BCUT2D eigenvalue weighted by atomic mass is 19.4. The van der Waals surface area contributed by atoms with Crippen molar-refractivity contribution in [3.05, 3.63) is 11.4 Å². The van der Waals surface area contributed by atoms with Crippen molar-refractivity contribution in [1.82, 2.24) is 15.0 Å². The lowest BCUT2D eigenvalue weighted by molar-refractivity contribution is -0.145. The molecule has 1 aromatic rings. The summed E-state index contributed by atoms with van der Waals surface area (Å²) in [5.74, 6) is 0. The summed E-state index contributed by atoms with van der Waals surface area (Å²) >= 11 is 0. The number of aromatic nitrogens is 3. The van der Waals surface area contributed by atoms with Gasteiger partial charge in [0.15, 0.2) is 5.69 Å². The van der Waals surface area contributed by atoms with Gasteiger partial charge in [-0.2, -0.15) is 13.2 Å². The standard InChI is InChI=1S/C10H16F3N3O/c1-2-3-4-5-6-16-9(10(11,12)13)8(7-17)14-15-16/h17H,2-7H2,1H3. The van der Waals surface area contributed by atoms with Crippen LogP contribution in [0, 0.1) is 0 Å². The summed E-state index contributed by atoms with van der Waals surface area (Å²) in [6.07, 6.45) is -1.02. The molecule has 0 amide bonds. The lowest BCUT2D eigenvalue weighted by atomic mass is 10.2. The highest BCUT2D eigenvalue weighted by molar-refractivity contribution is 5.12. The van der Waals surface area contributed by atoms with E-state index in [9.17, 15) is 13.2 Å². The maximum Gasteiger partial charge on any atom is 0.435 e. The quantitative estimate of drug-likeness (QED) is 0.790. The molecule has 1 heterocycles. The molecule has 0 aromatic carbocycles. The van der Waals surface area contributed by atoms with Crippen LogP contribution in [0.2, 0.25) is 0 Å². The molecule has 0 aliphatic rings. The fourth-order valence-corrected chi connectivity index (χ4v) is 1.61. The van der Waals surface area contributed by atoms with Crippen LogP contribution < -0.4 is 0 Å². The van der Waals surface area contributed by atoms with E-state index in [0.29, 0.717) is 6.42 Å². The topological polar surface area (TPSA) is 50.9 Å². The van der Waals surface area contributed by atoms with Crippen molar-refractivity contribution in [2.24, 2.45) is 0 Å². The van der Waals surface area contributed by atoms with Crippen LogP contribution in [0.15, 0.2) is 0 Å². The average Bonchev–Trinajstić information content (AvgIpc) is 2.67. The Labute approximate surface area is 97.4 Å². The molecule has 0 spiro atoms. The molecule has 0 aliphatic carbocycles. The fourth-order valence-electron chi connectivity index (χ4n) is 1.61. The van der Waals surface area contributed by atoms with E-state index in [0.717, 1.165) is 23.9 Å². The molecule has 1 aromatic heterocycles. The highest BCUT2D eigenvalue weighted by Crippen LogP contribution is 2.31. The van der Waals surface area contributed by atoms with Crippen LogP contribution in [0.3, 0.4) is 0 Å².